The molecule has 29 heavy (non-hydrogen) atoms. The van der Waals surface area contributed by atoms with Gasteiger partial charge in [0, 0.05) is 16.6 Å². The number of fused-ring (bicyclic) bond motifs is 5. The van der Waals surface area contributed by atoms with E-state index in [0.29, 0.717) is 33.6 Å². The lowest BCUT2D eigenvalue weighted by Gasteiger charge is -2.14. The Hall–Kier alpha value is -3.73. The molecule has 1 aliphatic heterocycles. The van der Waals surface area contributed by atoms with Crippen molar-refractivity contribution in [1.82, 2.24) is 9.38 Å². The van der Waals surface area contributed by atoms with Crippen molar-refractivity contribution in [3.8, 4) is 0 Å². The highest BCUT2D eigenvalue weighted by Gasteiger charge is 2.28. The van der Waals surface area contributed by atoms with Crippen molar-refractivity contribution < 1.29 is 4.79 Å². The predicted molar refractivity (Wildman–Crippen MR) is 114 cm³/mol. The number of allylic oxidation sites excluding steroid dienone is 1. The summed E-state index contributed by atoms with van der Waals surface area (Å²) in [4.78, 5) is 31.5. The Bertz CT molecular complexity index is 1510. The molecule has 0 saturated carbocycles. The number of hydrogen-bond acceptors (Lipinski definition) is 4. The highest BCUT2D eigenvalue weighted by Crippen LogP contribution is 2.29. The molecule has 0 spiro atoms. The van der Waals surface area contributed by atoms with Crippen LogP contribution in [-0.2, 0) is 6.42 Å². The number of nitrogens with zero attached hydrogens (tertiary/aromatic N) is 2. The second kappa shape index (κ2) is 5.64. The van der Waals surface area contributed by atoms with Crippen molar-refractivity contribution in [3.63, 3.8) is 0 Å². The minimum absolute atomic E-state index is 0.0703. The van der Waals surface area contributed by atoms with Gasteiger partial charge < -0.3 is 5.32 Å². The Labute approximate surface area is 166 Å². The monoisotopic (exact) mass is 379 g/mol. The van der Waals surface area contributed by atoms with Crippen LogP contribution in [0.4, 0.5) is 5.69 Å². The van der Waals surface area contributed by atoms with Crippen molar-refractivity contribution in [2.24, 2.45) is 5.92 Å². The second-order valence-corrected chi connectivity index (χ2v) is 7.74. The highest BCUT2D eigenvalue weighted by molar-refractivity contribution is 6.34. The molecule has 5 heteroatoms. The van der Waals surface area contributed by atoms with Gasteiger partial charge in [0.2, 0.25) is 5.78 Å². The van der Waals surface area contributed by atoms with Crippen LogP contribution >= 0.6 is 0 Å². The van der Waals surface area contributed by atoms with E-state index in [1.54, 1.807) is 4.40 Å². The van der Waals surface area contributed by atoms with E-state index in [1.807, 2.05) is 54.6 Å². The zero-order valence-electron chi connectivity index (χ0n) is 15.8. The molecule has 2 aliphatic rings. The molecule has 0 bridgehead atoms. The van der Waals surface area contributed by atoms with Crippen molar-refractivity contribution >= 4 is 39.8 Å². The van der Waals surface area contributed by atoms with E-state index in [-0.39, 0.29) is 11.3 Å². The quantitative estimate of drug-likeness (QED) is 0.510. The number of aromatic nitrogens is 2. The number of anilines is 1. The fraction of sp³-hybridized carbons (Fsp3) is 0.125. The minimum Gasteiger partial charge on any atom is -0.351 e. The summed E-state index contributed by atoms with van der Waals surface area (Å²) in [5.41, 5.74) is 4.57. The van der Waals surface area contributed by atoms with Gasteiger partial charge in [0.05, 0.1) is 27.7 Å². The summed E-state index contributed by atoms with van der Waals surface area (Å²) >= 11 is 0. The molecular weight excluding hydrogens is 362 g/mol. The Morgan fingerprint density at radius 1 is 1.07 bits per heavy atom. The van der Waals surface area contributed by atoms with Gasteiger partial charge in [-0.3, -0.25) is 14.0 Å². The first kappa shape index (κ1) is 16.2. The molecule has 1 atom stereocenters. The van der Waals surface area contributed by atoms with Gasteiger partial charge in [0.25, 0.3) is 5.56 Å². The molecule has 3 heterocycles. The smallest absolute Gasteiger partial charge is 0.265 e. The number of carbonyl (C=O) groups is 1. The molecule has 1 aliphatic carbocycles. The molecule has 1 N–H and O–H groups in total. The number of nitrogens with one attached hydrogen (secondary N) is 1. The first-order valence-electron chi connectivity index (χ1n) is 9.73. The van der Waals surface area contributed by atoms with Gasteiger partial charge in [-0.2, -0.15) is 0 Å². The maximum atomic E-state index is 13.4. The standard InChI is InChI=1S/C24H17N3O2/c1-13-10-11-15-18(12-13)26-23-20(16-7-3-5-9-19(16)27(23)24(15)29)21-22(28)14-6-2-4-8-17(14)25-21/h2-11,13,25H,12H2,1H3/b21-20+. The average molecular weight is 379 g/mol. The fourth-order valence-electron chi connectivity index (χ4n) is 4.47. The molecular formula is C24H17N3O2. The van der Waals surface area contributed by atoms with Crippen LogP contribution in [0.15, 0.2) is 59.4 Å². The topological polar surface area (TPSA) is 63.5 Å². The molecule has 2 aromatic carbocycles. The van der Waals surface area contributed by atoms with Crippen LogP contribution in [-0.4, -0.2) is 15.2 Å². The Balaban J connectivity index is 1.82. The molecule has 4 aromatic rings. The third kappa shape index (κ3) is 2.12. The zero-order valence-corrected chi connectivity index (χ0v) is 15.8. The van der Waals surface area contributed by atoms with E-state index >= 15 is 0 Å². The summed E-state index contributed by atoms with van der Waals surface area (Å²) in [5, 5.41) is 4.82. The minimum atomic E-state index is -0.0841. The van der Waals surface area contributed by atoms with Crippen LogP contribution in [0.5, 0.6) is 0 Å². The summed E-state index contributed by atoms with van der Waals surface area (Å²) in [6.07, 6.45) is 4.65. The van der Waals surface area contributed by atoms with E-state index < -0.39 is 0 Å². The number of carbonyl (C=O) groups excluding carboxylic acids is 1. The van der Waals surface area contributed by atoms with Crippen LogP contribution in [0.3, 0.4) is 0 Å². The summed E-state index contributed by atoms with van der Waals surface area (Å²) < 4.78 is 1.65. The van der Waals surface area contributed by atoms with Crippen molar-refractivity contribution in [2.75, 3.05) is 5.32 Å². The maximum absolute atomic E-state index is 13.4. The Kier molecular flexibility index (Phi) is 3.16. The number of ketones is 1. The predicted octanol–water partition coefficient (Wildman–Crippen LogP) is 3.19. The van der Waals surface area contributed by atoms with Gasteiger partial charge in [-0.15, -0.1) is 0 Å². The number of rotatable bonds is 0. The Morgan fingerprint density at radius 3 is 2.72 bits per heavy atom. The third-order valence-corrected chi connectivity index (χ3v) is 5.85. The highest BCUT2D eigenvalue weighted by atomic mass is 16.1. The molecule has 0 fully saturated rings. The molecule has 140 valence electrons. The van der Waals surface area contributed by atoms with E-state index in [4.69, 9.17) is 4.98 Å². The number of hydrogen-bond donors (Lipinski definition) is 1. The normalized spacial score (nSPS) is 19.5. The zero-order chi connectivity index (χ0) is 19.7. The van der Waals surface area contributed by atoms with E-state index in [9.17, 15) is 9.59 Å². The van der Waals surface area contributed by atoms with Gasteiger partial charge in [0.15, 0.2) is 5.65 Å². The SMILES string of the molecule is CC1C=Cc2c(nc3/c(=C4/Nc5ccccc5C4=O)c4ccccc4n3c2=O)C1. The molecule has 0 radical (unpaired) electrons. The molecule has 2 aromatic heterocycles. The largest absolute Gasteiger partial charge is 0.351 e. The number of para-hydroxylation sites is 2. The summed E-state index contributed by atoms with van der Waals surface area (Å²) in [5.74, 6) is 0.256. The van der Waals surface area contributed by atoms with Gasteiger partial charge in [-0.1, -0.05) is 49.4 Å². The van der Waals surface area contributed by atoms with E-state index in [1.165, 1.54) is 0 Å². The average Bonchev–Trinajstić information content (AvgIpc) is 3.23. The van der Waals surface area contributed by atoms with E-state index in [0.717, 1.165) is 28.7 Å². The summed E-state index contributed by atoms with van der Waals surface area (Å²) in [7, 11) is 0. The van der Waals surface area contributed by atoms with Gasteiger partial charge >= 0.3 is 0 Å². The van der Waals surface area contributed by atoms with Crippen LogP contribution < -0.4 is 16.1 Å². The van der Waals surface area contributed by atoms with Crippen molar-refractivity contribution in [3.05, 3.63) is 87.0 Å². The van der Waals surface area contributed by atoms with E-state index in [2.05, 4.69) is 18.3 Å². The van der Waals surface area contributed by atoms with Crippen molar-refractivity contribution in [1.29, 1.82) is 0 Å². The first-order chi connectivity index (χ1) is 14.1. The van der Waals surface area contributed by atoms with Crippen LogP contribution in [0.1, 0.15) is 28.5 Å². The van der Waals surface area contributed by atoms with Gasteiger partial charge in [-0.25, -0.2) is 4.98 Å². The van der Waals surface area contributed by atoms with Crippen LogP contribution in [0, 0.1) is 5.92 Å². The first-order valence-corrected chi connectivity index (χ1v) is 9.73. The van der Waals surface area contributed by atoms with Crippen LogP contribution in [0.2, 0.25) is 0 Å². The van der Waals surface area contributed by atoms with Crippen molar-refractivity contribution in [2.45, 2.75) is 13.3 Å². The Morgan fingerprint density at radius 2 is 1.86 bits per heavy atom. The number of Topliss-reactive ketones (excluding diaryl/α,β-unsaturated/α-hetero) is 1. The fourth-order valence-corrected chi connectivity index (χ4v) is 4.47. The molecule has 0 amide bonds. The lowest BCUT2D eigenvalue weighted by atomic mass is 9.96. The van der Waals surface area contributed by atoms with Gasteiger partial charge in [-0.05, 0) is 30.5 Å². The second-order valence-electron chi connectivity index (χ2n) is 7.74. The molecule has 0 saturated heterocycles. The molecule has 1 unspecified atom stereocenters. The summed E-state index contributed by atoms with van der Waals surface area (Å²) in [6, 6.07) is 15.1. The lowest BCUT2D eigenvalue weighted by molar-refractivity contribution is 0.106. The van der Waals surface area contributed by atoms with Gasteiger partial charge in [0.1, 0.15) is 0 Å². The number of benzene rings is 2. The molecule has 6 rings (SSSR count). The maximum Gasteiger partial charge on any atom is 0.265 e. The molecule has 5 nitrogen and oxygen atoms in total. The third-order valence-electron chi connectivity index (χ3n) is 5.85. The lowest BCUT2D eigenvalue weighted by Crippen LogP contribution is -2.25. The summed E-state index contributed by atoms with van der Waals surface area (Å²) in [6.45, 7) is 2.11. The van der Waals surface area contributed by atoms with Crippen LogP contribution in [0.25, 0.3) is 28.3 Å².